The molecule has 0 aromatic carbocycles. The molecule has 4 nitrogen and oxygen atoms in total. The highest BCUT2D eigenvalue weighted by Gasteiger charge is 2.37. The van der Waals surface area contributed by atoms with Crippen molar-refractivity contribution in [1.82, 2.24) is 10.2 Å². The van der Waals surface area contributed by atoms with E-state index in [0.717, 1.165) is 25.0 Å². The van der Waals surface area contributed by atoms with Crippen LogP contribution in [0.25, 0.3) is 0 Å². The summed E-state index contributed by atoms with van der Waals surface area (Å²) in [4.78, 5) is 2.24. The molecule has 2 rings (SSSR count). The van der Waals surface area contributed by atoms with Crippen molar-refractivity contribution in [3.63, 3.8) is 0 Å². The Morgan fingerprint density at radius 2 is 1.65 bits per heavy atom. The molecule has 118 valence electrons. The minimum atomic E-state index is 0.183. The fourth-order valence-electron chi connectivity index (χ4n) is 3.44. The van der Waals surface area contributed by atoms with Crippen molar-refractivity contribution in [1.29, 1.82) is 0 Å². The van der Waals surface area contributed by atoms with E-state index in [1.165, 1.54) is 38.5 Å². The zero-order chi connectivity index (χ0) is 14.4. The summed E-state index contributed by atoms with van der Waals surface area (Å²) in [5.41, 5.74) is 0.347. The Morgan fingerprint density at radius 1 is 1.05 bits per heavy atom. The maximum absolute atomic E-state index is 9.21. The van der Waals surface area contributed by atoms with Gasteiger partial charge < -0.3 is 15.5 Å². The highest BCUT2D eigenvalue weighted by molar-refractivity contribution is 4.92. The second-order valence-electron chi connectivity index (χ2n) is 7.06. The molecule has 2 saturated carbocycles. The standard InChI is InChI=1S/C16H32N2O2/c1-14-4-6-16(7-5-14,12-17-15-2-3-15)13-18(8-10-19)9-11-20/h14-15,17,19-20H,2-13H2,1H3. The molecule has 2 aliphatic carbocycles. The lowest BCUT2D eigenvalue weighted by Gasteiger charge is -2.43. The van der Waals surface area contributed by atoms with Crippen molar-refractivity contribution in [3.05, 3.63) is 0 Å². The van der Waals surface area contributed by atoms with E-state index < -0.39 is 0 Å². The van der Waals surface area contributed by atoms with Gasteiger partial charge in [0, 0.05) is 32.2 Å². The summed E-state index contributed by atoms with van der Waals surface area (Å²) in [6.45, 7) is 6.21. The number of nitrogens with zero attached hydrogens (tertiary/aromatic N) is 1. The largest absolute Gasteiger partial charge is 0.395 e. The third-order valence-electron chi connectivity index (χ3n) is 5.07. The molecular weight excluding hydrogens is 252 g/mol. The van der Waals surface area contributed by atoms with Crippen LogP contribution in [0.15, 0.2) is 0 Å². The maximum atomic E-state index is 9.21. The van der Waals surface area contributed by atoms with Gasteiger partial charge >= 0.3 is 0 Å². The van der Waals surface area contributed by atoms with Crippen LogP contribution in [0.4, 0.5) is 0 Å². The van der Waals surface area contributed by atoms with Gasteiger partial charge in [-0.25, -0.2) is 0 Å². The lowest BCUT2D eigenvalue weighted by atomic mass is 9.70. The number of hydrogen-bond acceptors (Lipinski definition) is 4. The second kappa shape index (κ2) is 7.74. The van der Waals surface area contributed by atoms with E-state index >= 15 is 0 Å². The third-order valence-corrected chi connectivity index (χ3v) is 5.07. The number of aliphatic hydroxyl groups excluding tert-OH is 2. The summed E-state index contributed by atoms with van der Waals surface area (Å²) in [6, 6.07) is 0.760. The molecule has 3 N–H and O–H groups in total. The van der Waals surface area contributed by atoms with Crippen LogP contribution >= 0.6 is 0 Å². The van der Waals surface area contributed by atoms with Gasteiger partial charge in [0.2, 0.25) is 0 Å². The third kappa shape index (κ3) is 4.99. The molecule has 0 aromatic heterocycles. The van der Waals surface area contributed by atoms with Crippen LogP contribution in [0.5, 0.6) is 0 Å². The van der Waals surface area contributed by atoms with E-state index in [1.807, 2.05) is 0 Å². The molecule has 0 amide bonds. The molecule has 0 aliphatic heterocycles. The summed E-state index contributed by atoms with van der Waals surface area (Å²) in [7, 11) is 0. The van der Waals surface area contributed by atoms with Gasteiger partial charge in [0.15, 0.2) is 0 Å². The van der Waals surface area contributed by atoms with Crippen LogP contribution in [-0.4, -0.2) is 60.5 Å². The molecule has 0 heterocycles. The first-order chi connectivity index (χ1) is 9.67. The molecule has 0 saturated heterocycles. The number of nitrogens with one attached hydrogen (secondary N) is 1. The first-order valence-corrected chi connectivity index (χ1v) is 8.35. The highest BCUT2D eigenvalue weighted by atomic mass is 16.3. The average Bonchev–Trinajstić information content (AvgIpc) is 3.25. The summed E-state index contributed by atoms with van der Waals surface area (Å²) in [5, 5.41) is 22.1. The van der Waals surface area contributed by atoms with Crippen LogP contribution in [0.2, 0.25) is 0 Å². The quantitative estimate of drug-likeness (QED) is 0.596. The topological polar surface area (TPSA) is 55.7 Å². The summed E-state index contributed by atoms with van der Waals surface area (Å²) >= 11 is 0. The SMILES string of the molecule is CC1CCC(CNC2CC2)(CN(CCO)CCO)CC1. The molecule has 4 heteroatoms. The zero-order valence-electron chi connectivity index (χ0n) is 13.0. The van der Waals surface area contributed by atoms with Crippen LogP contribution in [0.3, 0.4) is 0 Å². The Morgan fingerprint density at radius 3 is 2.15 bits per heavy atom. The molecule has 0 bridgehead atoms. The fourth-order valence-corrected chi connectivity index (χ4v) is 3.44. The van der Waals surface area contributed by atoms with E-state index in [9.17, 15) is 10.2 Å². The van der Waals surface area contributed by atoms with E-state index in [4.69, 9.17) is 0 Å². The first-order valence-electron chi connectivity index (χ1n) is 8.35. The van der Waals surface area contributed by atoms with Crippen molar-refractivity contribution >= 4 is 0 Å². The minimum absolute atomic E-state index is 0.183. The van der Waals surface area contributed by atoms with Gasteiger partial charge in [0.05, 0.1) is 13.2 Å². The highest BCUT2D eigenvalue weighted by Crippen LogP contribution is 2.39. The summed E-state index contributed by atoms with van der Waals surface area (Å²) < 4.78 is 0. The molecule has 20 heavy (non-hydrogen) atoms. The predicted molar refractivity (Wildman–Crippen MR) is 81.7 cm³/mol. The maximum Gasteiger partial charge on any atom is 0.0558 e. The van der Waals surface area contributed by atoms with Crippen molar-refractivity contribution in [3.8, 4) is 0 Å². The van der Waals surface area contributed by atoms with Crippen LogP contribution in [0.1, 0.15) is 45.4 Å². The molecule has 0 radical (unpaired) electrons. The van der Waals surface area contributed by atoms with Crippen LogP contribution in [-0.2, 0) is 0 Å². The zero-order valence-corrected chi connectivity index (χ0v) is 13.0. The lowest BCUT2D eigenvalue weighted by Crippen LogP contribution is -2.48. The van der Waals surface area contributed by atoms with Crippen molar-refractivity contribution < 1.29 is 10.2 Å². The van der Waals surface area contributed by atoms with Crippen molar-refractivity contribution in [2.75, 3.05) is 39.4 Å². The van der Waals surface area contributed by atoms with Crippen LogP contribution < -0.4 is 5.32 Å². The van der Waals surface area contributed by atoms with Gasteiger partial charge in [0.25, 0.3) is 0 Å². The Labute approximate surface area is 123 Å². The fraction of sp³-hybridized carbons (Fsp3) is 1.00. The first kappa shape index (κ1) is 16.2. The van der Waals surface area contributed by atoms with Crippen LogP contribution in [0, 0.1) is 11.3 Å². The lowest BCUT2D eigenvalue weighted by molar-refractivity contribution is 0.0655. The van der Waals surface area contributed by atoms with E-state index in [2.05, 4.69) is 17.1 Å². The molecule has 2 fully saturated rings. The summed E-state index contributed by atoms with van der Waals surface area (Å²) in [5.74, 6) is 0.855. The monoisotopic (exact) mass is 284 g/mol. The molecule has 2 aliphatic rings. The van der Waals surface area contributed by atoms with Gasteiger partial charge in [-0.15, -0.1) is 0 Å². The normalized spacial score (nSPS) is 30.9. The van der Waals surface area contributed by atoms with Gasteiger partial charge in [-0.1, -0.05) is 19.8 Å². The van der Waals surface area contributed by atoms with Gasteiger partial charge in [-0.3, -0.25) is 4.90 Å². The Bertz CT molecular complexity index is 268. The molecular formula is C16H32N2O2. The number of rotatable bonds is 9. The number of aliphatic hydroxyl groups is 2. The minimum Gasteiger partial charge on any atom is -0.395 e. The smallest absolute Gasteiger partial charge is 0.0558 e. The van der Waals surface area contributed by atoms with Gasteiger partial charge in [-0.05, 0) is 37.0 Å². The second-order valence-corrected chi connectivity index (χ2v) is 7.06. The van der Waals surface area contributed by atoms with E-state index in [1.54, 1.807) is 0 Å². The Balaban J connectivity index is 1.92. The molecule has 0 aromatic rings. The Kier molecular flexibility index (Phi) is 6.27. The predicted octanol–water partition coefficient (Wildman–Crippen LogP) is 1.22. The van der Waals surface area contributed by atoms with Crippen molar-refractivity contribution in [2.45, 2.75) is 51.5 Å². The Hall–Kier alpha value is -0.160. The molecule has 0 spiro atoms. The number of hydrogen-bond donors (Lipinski definition) is 3. The van der Waals surface area contributed by atoms with Crippen molar-refractivity contribution in [2.24, 2.45) is 11.3 Å². The van der Waals surface area contributed by atoms with E-state index in [0.29, 0.717) is 18.5 Å². The van der Waals surface area contributed by atoms with E-state index in [-0.39, 0.29) is 13.2 Å². The average molecular weight is 284 g/mol. The molecule has 0 unspecified atom stereocenters. The summed E-state index contributed by atoms with van der Waals surface area (Å²) in [6.07, 6.45) is 7.87. The van der Waals surface area contributed by atoms with Gasteiger partial charge in [0.1, 0.15) is 0 Å². The molecule has 0 atom stereocenters. The van der Waals surface area contributed by atoms with Gasteiger partial charge in [-0.2, -0.15) is 0 Å².